The van der Waals surface area contributed by atoms with Crippen LogP contribution >= 0.6 is 34.8 Å². The van der Waals surface area contributed by atoms with E-state index in [4.69, 9.17) is 50.0 Å². The molecule has 0 bridgehead atoms. The molecule has 3 aromatic rings. The molecule has 0 saturated carbocycles. The van der Waals surface area contributed by atoms with Crippen LogP contribution in [-0.2, 0) is 0 Å². The molecule has 2 aromatic carbocycles. The molecule has 8 heteroatoms. The lowest BCUT2D eigenvalue weighted by atomic mass is 10.1. The zero-order chi connectivity index (χ0) is 18.1. The summed E-state index contributed by atoms with van der Waals surface area (Å²) in [6, 6.07) is 8.65. The van der Waals surface area contributed by atoms with E-state index in [0.717, 1.165) is 5.56 Å². The van der Waals surface area contributed by atoms with E-state index >= 15 is 0 Å². The van der Waals surface area contributed by atoms with Gasteiger partial charge >= 0.3 is 0 Å². The number of methoxy groups -OCH3 is 2. The standard InChI is InChI=1S/C17H14Cl3N3O2/c1-24-14-4-3-9(5-15(14)25-2)11-8-22-23(17(11)21)16-12(19)6-10(18)7-13(16)20/h3-8H,21H2,1-2H3. The van der Waals surface area contributed by atoms with Crippen LogP contribution in [0.2, 0.25) is 15.1 Å². The van der Waals surface area contributed by atoms with Crippen LogP contribution in [0.25, 0.3) is 16.8 Å². The molecule has 0 aliphatic rings. The largest absolute Gasteiger partial charge is 0.493 e. The SMILES string of the molecule is COc1ccc(-c2cnn(-c3c(Cl)cc(Cl)cc3Cl)c2N)cc1OC. The molecule has 0 aliphatic heterocycles. The number of halogens is 3. The number of anilines is 1. The lowest BCUT2D eigenvalue weighted by Gasteiger charge is -2.11. The average molecular weight is 399 g/mol. The highest BCUT2D eigenvalue weighted by molar-refractivity contribution is 6.40. The van der Waals surface area contributed by atoms with Gasteiger partial charge in [0.2, 0.25) is 0 Å². The molecule has 0 radical (unpaired) electrons. The number of nitrogens with two attached hydrogens (primary N) is 1. The zero-order valence-corrected chi connectivity index (χ0v) is 15.7. The first-order valence-electron chi connectivity index (χ1n) is 7.17. The van der Waals surface area contributed by atoms with Crippen LogP contribution in [-0.4, -0.2) is 24.0 Å². The van der Waals surface area contributed by atoms with Crippen molar-refractivity contribution in [2.24, 2.45) is 0 Å². The molecule has 2 N–H and O–H groups in total. The molecule has 0 fully saturated rings. The van der Waals surface area contributed by atoms with Gasteiger partial charge in [-0.05, 0) is 29.8 Å². The van der Waals surface area contributed by atoms with E-state index in [9.17, 15) is 0 Å². The third-order valence-corrected chi connectivity index (χ3v) is 4.49. The number of benzene rings is 2. The van der Waals surface area contributed by atoms with Crippen LogP contribution in [0, 0.1) is 0 Å². The number of hydrogen-bond acceptors (Lipinski definition) is 4. The molecule has 0 aliphatic carbocycles. The maximum absolute atomic E-state index is 6.28. The summed E-state index contributed by atoms with van der Waals surface area (Å²) in [4.78, 5) is 0. The molecule has 5 nitrogen and oxygen atoms in total. The van der Waals surface area contributed by atoms with Crippen molar-refractivity contribution < 1.29 is 9.47 Å². The van der Waals surface area contributed by atoms with Crippen molar-refractivity contribution in [3.05, 3.63) is 51.6 Å². The Kier molecular flexibility index (Phi) is 4.99. The van der Waals surface area contributed by atoms with Crippen molar-refractivity contribution in [1.82, 2.24) is 9.78 Å². The molecule has 1 aromatic heterocycles. The fourth-order valence-corrected chi connectivity index (χ4v) is 3.48. The fraction of sp³-hybridized carbons (Fsp3) is 0.118. The summed E-state index contributed by atoms with van der Waals surface area (Å²) in [5.74, 6) is 1.61. The smallest absolute Gasteiger partial charge is 0.161 e. The summed E-state index contributed by atoms with van der Waals surface area (Å²) in [7, 11) is 3.15. The number of nitrogens with zero attached hydrogens (tertiary/aromatic N) is 2. The quantitative estimate of drug-likeness (QED) is 0.664. The van der Waals surface area contributed by atoms with Crippen LogP contribution in [0.15, 0.2) is 36.5 Å². The van der Waals surface area contributed by atoms with Gasteiger partial charge in [0.05, 0.1) is 30.5 Å². The summed E-state index contributed by atoms with van der Waals surface area (Å²) in [6.07, 6.45) is 1.64. The minimum Gasteiger partial charge on any atom is -0.493 e. The Labute approximate surface area is 159 Å². The Bertz CT molecular complexity index is 918. The Morgan fingerprint density at radius 1 is 0.960 bits per heavy atom. The zero-order valence-electron chi connectivity index (χ0n) is 13.4. The third kappa shape index (κ3) is 3.23. The van der Waals surface area contributed by atoms with E-state index in [1.807, 2.05) is 12.1 Å². The van der Waals surface area contributed by atoms with Crippen molar-refractivity contribution in [3.63, 3.8) is 0 Å². The number of rotatable bonds is 4. The second kappa shape index (κ2) is 7.04. The number of ether oxygens (including phenoxy) is 2. The van der Waals surface area contributed by atoms with E-state index in [-0.39, 0.29) is 0 Å². The van der Waals surface area contributed by atoms with Gasteiger partial charge in [-0.3, -0.25) is 0 Å². The average Bonchev–Trinajstić information content (AvgIpc) is 2.95. The van der Waals surface area contributed by atoms with Crippen LogP contribution < -0.4 is 15.2 Å². The van der Waals surface area contributed by atoms with Crippen molar-refractivity contribution in [2.75, 3.05) is 20.0 Å². The van der Waals surface area contributed by atoms with E-state index in [2.05, 4.69) is 5.10 Å². The van der Waals surface area contributed by atoms with Gasteiger partial charge in [0, 0.05) is 10.6 Å². The van der Waals surface area contributed by atoms with Crippen LogP contribution in [0.1, 0.15) is 0 Å². The minimum atomic E-state index is 0.353. The van der Waals surface area contributed by atoms with E-state index < -0.39 is 0 Å². The maximum Gasteiger partial charge on any atom is 0.161 e. The molecule has 0 spiro atoms. The summed E-state index contributed by atoms with van der Waals surface area (Å²) in [5, 5.41) is 5.46. The molecule has 0 saturated heterocycles. The first-order chi connectivity index (χ1) is 12.0. The molecule has 3 rings (SSSR count). The van der Waals surface area contributed by atoms with Crippen LogP contribution in [0.5, 0.6) is 11.5 Å². The van der Waals surface area contributed by atoms with Crippen molar-refractivity contribution in [3.8, 4) is 28.3 Å². The van der Waals surface area contributed by atoms with E-state index in [1.54, 1.807) is 38.6 Å². The molecule has 25 heavy (non-hydrogen) atoms. The lowest BCUT2D eigenvalue weighted by Crippen LogP contribution is -2.04. The van der Waals surface area contributed by atoms with Gasteiger partial charge in [-0.15, -0.1) is 0 Å². The Hall–Kier alpha value is -2.08. The molecular weight excluding hydrogens is 385 g/mol. The second-order valence-corrected chi connectivity index (χ2v) is 6.39. The first-order valence-corrected chi connectivity index (χ1v) is 8.30. The molecule has 0 unspecified atom stereocenters. The summed E-state index contributed by atoms with van der Waals surface area (Å²) < 4.78 is 12.1. The predicted octanol–water partition coefficient (Wildman–Crippen LogP) is 5.10. The summed E-state index contributed by atoms with van der Waals surface area (Å²) in [6.45, 7) is 0. The van der Waals surface area contributed by atoms with Crippen molar-refractivity contribution >= 4 is 40.6 Å². The third-order valence-electron chi connectivity index (χ3n) is 3.69. The molecular formula is C17H14Cl3N3O2. The number of aromatic nitrogens is 2. The van der Waals surface area contributed by atoms with Gasteiger partial charge in [0.1, 0.15) is 11.5 Å². The number of nitrogen functional groups attached to an aromatic ring is 1. The predicted molar refractivity (Wildman–Crippen MR) is 102 cm³/mol. The van der Waals surface area contributed by atoms with Crippen LogP contribution in [0.3, 0.4) is 0 Å². The fourth-order valence-electron chi connectivity index (χ4n) is 2.50. The maximum atomic E-state index is 6.28. The lowest BCUT2D eigenvalue weighted by molar-refractivity contribution is 0.355. The Balaban J connectivity index is 2.12. The highest BCUT2D eigenvalue weighted by Crippen LogP contribution is 2.38. The first kappa shape index (κ1) is 17.7. The van der Waals surface area contributed by atoms with Gasteiger partial charge < -0.3 is 15.2 Å². The highest BCUT2D eigenvalue weighted by atomic mass is 35.5. The highest BCUT2D eigenvalue weighted by Gasteiger charge is 2.18. The van der Waals surface area contributed by atoms with Gasteiger partial charge in [-0.1, -0.05) is 40.9 Å². The monoisotopic (exact) mass is 397 g/mol. The van der Waals surface area contributed by atoms with E-state index in [1.165, 1.54) is 4.68 Å². The van der Waals surface area contributed by atoms with Gasteiger partial charge in [0.25, 0.3) is 0 Å². The summed E-state index contributed by atoms with van der Waals surface area (Å²) >= 11 is 18.5. The van der Waals surface area contributed by atoms with Gasteiger partial charge in [-0.25, -0.2) is 4.68 Å². The molecule has 0 amide bonds. The van der Waals surface area contributed by atoms with Crippen molar-refractivity contribution in [1.29, 1.82) is 0 Å². The van der Waals surface area contributed by atoms with Crippen molar-refractivity contribution in [2.45, 2.75) is 0 Å². The van der Waals surface area contributed by atoms with Gasteiger partial charge in [-0.2, -0.15) is 5.10 Å². The molecule has 0 atom stereocenters. The molecule has 130 valence electrons. The van der Waals surface area contributed by atoms with Crippen LogP contribution in [0.4, 0.5) is 5.82 Å². The van der Waals surface area contributed by atoms with Gasteiger partial charge in [0.15, 0.2) is 11.5 Å². The normalized spacial score (nSPS) is 10.8. The van der Waals surface area contributed by atoms with E-state index in [0.29, 0.717) is 43.6 Å². The minimum absolute atomic E-state index is 0.353. The Morgan fingerprint density at radius 2 is 1.60 bits per heavy atom. The number of hydrogen-bond donors (Lipinski definition) is 1. The second-order valence-electron chi connectivity index (χ2n) is 5.14. The molecule has 1 heterocycles. The topological polar surface area (TPSA) is 62.3 Å². The Morgan fingerprint density at radius 3 is 2.20 bits per heavy atom. The summed E-state index contributed by atoms with van der Waals surface area (Å²) in [5.41, 5.74) is 8.29.